The van der Waals surface area contributed by atoms with Gasteiger partial charge >= 0.3 is 0 Å². The fraction of sp³-hybridized carbons (Fsp3) is 1.00. The Morgan fingerprint density at radius 3 is 2.43 bits per heavy atom. The molecule has 2 heteroatoms. The van der Waals surface area contributed by atoms with Crippen LogP contribution in [0.15, 0.2) is 0 Å². The van der Waals surface area contributed by atoms with Crippen LogP contribution in [-0.4, -0.2) is 13.2 Å². The minimum atomic E-state index is 0. The molecule has 1 unspecified atom stereocenters. The average molecular weight is 137 g/mol. The third-order valence-corrected chi connectivity index (χ3v) is 1.16. The van der Waals surface area contributed by atoms with Crippen molar-refractivity contribution in [2.24, 2.45) is 5.92 Å². The Hall–Kier alpha value is 0.544. The van der Waals surface area contributed by atoms with Gasteiger partial charge < -0.3 is 4.74 Å². The van der Waals surface area contributed by atoms with Gasteiger partial charge in [-0.25, -0.2) is 0 Å². The number of hydrogen-bond acceptors (Lipinski definition) is 1. The van der Waals surface area contributed by atoms with E-state index in [1.54, 1.807) is 0 Å². The van der Waals surface area contributed by atoms with E-state index in [1.165, 1.54) is 6.42 Å². The molecule has 1 rings (SSSR count). The van der Waals surface area contributed by atoms with Crippen molar-refractivity contribution in [2.75, 3.05) is 13.2 Å². The summed E-state index contributed by atoms with van der Waals surface area (Å²) in [6.07, 6.45) is 1.26. The van der Waals surface area contributed by atoms with E-state index >= 15 is 0 Å². The molecular weight excluding hydrogens is 127 g/mol. The molecule has 1 heterocycles. The quantitative estimate of drug-likeness (QED) is 0.484. The summed E-state index contributed by atoms with van der Waals surface area (Å²) < 4.78 is 5.06. The van der Waals surface area contributed by atoms with Gasteiger partial charge in [0.1, 0.15) is 0 Å². The molecule has 1 radical (unpaired) electrons. The molecular formula is C5H10OV. The first-order valence-corrected chi connectivity index (χ1v) is 2.47. The Balaban J connectivity index is 0.000000360. The van der Waals surface area contributed by atoms with Crippen LogP contribution in [0.5, 0.6) is 0 Å². The van der Waals surface area contributed by atoms with Gasteiger partial charge in [0.2, 0.25) is 0 Å². The Morgan fingerprint density at radius 2 is 2.29 bits per heavy atom. The molecule has 0 spiro atoms. The molecule has 0 aromatic heterocycles. The van der Waals surface area contributed by atoms with Crippen molar-refractivity contribution in [3.05, 3.63) is 0 Å². The van der Waals surface area contributed by atoms with E-state index in [9.17, 15) is 0 Å². The SMILES string of the molecule is CC1CCOC1.[V]. The van der Waals surface area contributed by atoms with Crippen LogP contribution in [0, 0.1) is 5.92 Å². The fourth-order valence-corrected chi connectivity index (χ4v) is 0.652. The molecule has 1 fully saturated rings. The second-order valence-corrected chi connectivity index (χ2v) is 1.97. The second kappa shape index (κ2) is 3.53. The van der Waals surface area contributed by atoms with Crippen molar-refractivity contribution in [1.82, 2.24) is 0 Å². The summed E-state index contributed by atoms with van der Waals surface area (Å²) in [7, 11) is 0. The van der Waals surface area contributed by atoms with Gasteiger partial charge in [0, 0.05) is 31.8 Å². The maximum absolute atomic E-state index is 5.06. The molecule has 0 amide bonds. The summed E-state index contributed by atoms with van der Waals surface area (Å²) in [6.45, 7) is 4.19. The van der Waals surface area contributed by atoms with Crippen LogP contribution < -0.4 is 0 Å². The number of ether oxygens (including phenoxy) is 1. The molecule has 0 bridgehead atoms. The summed E-state index contributed by atoms with van der Waals surface area (Å²) in [5.41, 5.74) is 0. The fourth-order valence-electron chi connectivity index (χ4n) is 0.652. The first-order valence-electron chi connectivity index (χ1n) is 2.47. The van der Waals surface area contributed by atoms with Gasteiger partial charge in [-0.2, -0.15) is 0 Å². The van der Waals surface area contributed by atoms with E-state index in [0.29, 0.717) is 0 Å². The summed E-state index contributed by atoms with van der Waals surface area (Å²) >= 11 is 0. The third kappa shape index (κ3) is 2.37. The van der Waals surface area contributed by atoms with E-state index in [-0.39, 0.29) is 18.6 Å². The maximum Gasteiger partial charge on any atom is 0.0492 e. The second-order valence-electron chi connectivity index (χ2n) is 1.97. The van der Waals surface area contributed by atoms with Gasteiger partial charge in [-0.05, 0) is 12.3 Å². The zero-order valence-electron chi connectivity index (χ0n) is 4.55. The largest absolute Gasteiger partial charge is 0.381 e. The molecule has 0 N–H and O–H groups in total. The number of hydrogen-bond donors (Lipinski definition) is 0. The van der Waals surface area contributed by atoms with Crippen LogP contribution in [0.4, 0.5) is 0 Å². The van der Waals surface area contributed by atoms with Gasteiger partial charge in [0.05, 0.1) is 0 Å². The minimum absolute atomic E-state index is 0. The van der Waals surface area contributed by atoms with Crippen LogP contribution in [0.3, 0.4) is 0 Å². The first-order chi connectivity index (χ1) is 2.89. The summed E-state index contributed by atoms with van der Waals surface area (Å²) in [5, 5.41) is 0. The van der Waals surface area contributed by atoms with Crippen molar-refractivity contribution in [3.63, 3.8) is 0 Å². The number of rotatable bonds is 0. The van der Waals surface area contributed by atoms with E-state index in [4.69, 9.17) is 4.74 Å². The van der Waals surface area contributed by atoms with Crippen LogP contribution in [0.2, 0.25) is 0 Å². The minimum Gasteiger partial charge on any atom is -0.381 e. The molecule has 41 valence electrons. The summed E-state index contributed by atoms with van der Waals surface area (Å²) in [6, 6.07) is 0. The van der Waals surface area contributed by atoms with E-state index in [2.05, 4.69) is 6.92 Å². The normalized spacial score (nSPS) is 29.6. The molecule has 1 aliphatic rings. The molecule has 0 aromatic rings. The zero-order valence-corrected chi connectivity index (χ0v) is 5.95. The van der Waals surface area contributed by atoms with Gasteiger partial charge in [0.15, 0.2) is 0 Å². The van der Waals surface area contributed by atoms with E-state index in [0.717, 1.165) is 19.1 Å². The molecule has 0 aliphatic carbocycles. The van der Waals surface area contributed by atoms with Crippen LogP contribution >= 0.6 is 0 Å². The molecule has 1 saturated heterocycles. The van der Waals surface area contributed by atoms with Crippen LogP contribution in [-0.2, 0) is 23.3 Å². The zero-order chi connectivity index (χ0) is 4.41. The van der Waals surface area contributed by atoms with Gasteiger partial charge in [-0.15, -0.1) is 0 Å². The maximum atomic E-state index is 5.06. The Kier molecular flexibility index (Phi) is 3.81. The van der Waals surface area contributed by atoms with Gasteiger partial charge in [-0.1, -0.05) is 6.92 Å². The van der Waals surface area contributed by atoms with E-state index in [1.807, 2.05) is 0 Å². The Morgan fingerprint density at radius 1 is 1.57 bits per heavy atom. The molecule has 1 atom stereocenters. The Labute approximate surface area is 56.3 Å². The van der Waals surface area contributed by atoms with Crippen molar-refractivity contribution in [1.29, 1.82) is 0 Å². The van der Waals surface area contributed by atoms with E-state index < -0.39 is 0 Å². The van der Waals surface area contributed by atoms with Crippen molar-refractivity contribution >= 4 is 0 Å². The average Bonchev–Trinajstić information content (AvgIpc) is 1.86. The predicted molar refractivity (Wildman–Crippen MR) is 24.6 cm³/mol. The van der Waals surface area contributed by atoms with Crippen molar-refractivity contribution in [2.45, 2.75) is 13.3 Å². The van der Waals surface area contributed by atoms with Crippen LogP contribution in [0.25, 0.3) is 0 Å². The third-order valence-electron chi connectivity index (χ3n) is 1.16. The topological polar surface area (TPSA) is 9.23 Å². The molecule has 0 aromatic carbocycles. The standard InChI is InChI=1S/C5H10O.V/c1-5-2-3-6-4-5;/h5H,2-4H2,1H3;. The monoisotopic (exact) mass is 137 g/mol. The predicted octanol–water partition coefficient (Wildman–Crippen LogP) is 1.04. The van der Waals surface area contributed by atoms with Crippen LogP contribution in [0.1, 0.15) is 13.3 Å². The van der Waals surface area contributed by atoms with Gasteiger partial charge in [0.25, 0.3) is 0 Å². The first kappa shape index (κ1) is 7.54. The van der Waals surface area contributed by atoms with Gasteiger partial charge in [-0.3, -0.25) is 0 Å². The smallest absolute Gasteiger partial charge is 0.0492 e. The molecule has 0 saturated carbocycles. The molecule has 1 nitrogen and oxygen atoms in total. The molecule has 1 aliphatic heterocycles. The Bertz CT molecular complexity index is 41.3. The van der Waals surface area contributed by atoms with Crippen molar-refractivity contribution in [3.8, 4) is 0 Å². The van der Waals surface area contributed by atoms with Crippen molar-refractivity contribution < 1.29 is 23.3 Å². The molecule has 7 heavy (non-hydrogen) atoms. The summed E-state index contributed by atoms with van der Waals surface area (Å²) in [5.74, 6) is 0.824. The summed E-state index contributed by atoms with van der Waals surface area (Å²) in [4.78, 5) is 0.